The van der Waals surface area contributed by atoms with E-state index in [4.69, 9.17) is 5.73 Å². The summed E-state index contributed by atoms with van der Waals surface area (Å²) in [6.45, 7) is 1.76. The van der Waals surface area contributed by atoms with Crippen molar-refractivity contribution in [2.75, 3.05) is 5.73 Å². The van der Waals surface area contributed by atoms with Crippen LogP contribution in [0.25, 0.3) is 0 Å². The summed E-state index contributed by atoms with van der Waals surface area (Å²) in [6.07, 6.45) is 1.63. The zero-order chi connectivity index (χ0) is 14.6. The first-order valence-electron chi connectivity index (χ1n) is 6.22. The monoisotopic (exact) mass is 291 g/mol. The van der Waals surface area contributed by atoms with Crippen LogP contribution in [0, 0.1) is 0 Å². The van der Waals surface area contributed by atoms with Crippen molar-refractivity contribution >= 4 is 15.7 Å². The molecule has 0 bridgehead atoms. The van der Waals surface area contributed by atoms with E-state index in [0.717, 1.165) is 0 Å². The van der Waals surface area contributed by atoms with Gasteiger partial charge in [-0.1, -0.05) is 24.3 Å². The van der Waals surface area contributed by atoms with Crippen molar-refractivity contribution in [2.24, 2.45) is 0 Å². The van der Waals surface area contributed by atoms with E-state index in [1.165, 1.54) is 0 Å². The van der Waals surface area contributed by atoms with Gasteiger partial charge in [-0.15, -0.1) is 0 Å². The number of hydrogen-bond donors (Lipinski definition) is 2. The van der Waals surface area contributed by atoms with Crippen LogP contribution < -0.4 is 10.5 Å². The van der Waals surface area contributed by atoms with Crippen molar-refractivity contribution in [1.82, 2.24) is 9.71 Å². The minimum atomic E-state index is -3.47. The maximum atomic E-state index is 12.1. The number of hydrogen-bond acceptors (Lipinski definition) is 4. The standard InChI is InChI=1S/C14H17N3O2S/c1-11(14-8-4-5-9-16-14)17-20(18,19)10-12-6-2-3-7-13(12)15/h2-9,11,17H,10,15H2,1H3. The van der Waals surface area contributed by atoms with E-state index in [1.54, 1.807) is 49.5 Å². The van der Waals surface area contributed by atoms with Gasteiger partial charge < -0.3 is 5.73 Å². The molecular formula is C14H17N3O2S. The summed E-state index contributed by atoms with van der Waals surface area (Å²) in [6, 6.07) is 11.9. The molecule has 1 atom stereocenters. The second kappa shape index (κ2) is 6.02. The molecule has 0 aliphatic heterocycles. The second-order valence-corrected chi connectivity index (χ2v) is 6.31. The lowest BCUT2D eigenvalue weighted by Gasteiger charge is -2.14. The maximum absolute atomic E-state index is 12.1. The third-order valence-electron chi connectivity index (χ3n) is 2.89. The van der Waals surface area contributed by atoms with E-state index in [1.807, 2.05) is 6.07 Å². The Hall–Kier alpha value is -1.92. The first-order chi connectivity index (χ1) is 9.48. The minimum Gasteiger partial charge on any atom is -0.398 e. The maximum Gasteiger partial charge on any atom is 0.216 e. The largest absolute Gasteiger partial charge is 0.398 e. The summed E-state index contributed by atoms with van der Waals surface area (Å²) in [5.74, 6) is -0.142. The Kier molecular flexibility index (Phi) is 4.36. The third kappa shape index (κ3) is 3.79. The molecule has 106 valence electrons. The van der Waals surface area contributed by atoms with E-state index in [-0.39, 0.29) is 11.8 Å². The van der Waals surface area contributed by atoms with Crippen molar-refractivity contribution in [1.29, 1.82) is 0 Å². The van der Waals surface area contributed by atoms with Crippen molar-refractivity contribution < 1.29 is 8.42 Å². The highest BCUT2D eigenvalue weighted by molar-refractivity contribution is 7.88. The summed E-state index contributed by atoms with van der Waals surface area (Å²) in [5.41, 5.74) is 7.51. The Morgan fingerprint density at radius 2 is 1.90 bits per heavy atom. The molecule has 1 aromatic heterocycles. The fourth-order valence-corrected chi connectivity index (χ4v) is 3.29. The van der Waals surface area contributed by atoms with Gasteiger partial charge in [-0.05, 0) is 30.7 Å². The highest BCUT2D eigenvalue weighted by Crippen LogP contribution is 2.16. The molecule has 1 unspecified atom stereocenters. The van der Waals surface area contributed by atoms with Gasteiger partial charge >= 0.3 is 0 Å². The molecule has 1 heterocycles. The fourth-order valence-electron chi connectivity index (χ4n) is 1.87. The molecule has 0 spiro atoms. The van der Waals surface area contributed by atoms with Crippen LogP contribution in [-0.4, -0.2) is 13.4 Å². The normalized spacial score (nSPS) is 13.1. The number of aromatic nitrogens is 1. The Bertz CT molecular complexity index is 672. The molecule has 6 heteroatoms. The second-order valence-electron chi connectivity index (χ2n) is 4.55. The predicted octanol–water partition coefficient (Wildman–Crippen LogP) is 1.84. The lowest BCUT2D eigenvalue weighted by atomic mass is 10.2. The highest BCUT2D eigenvalue weighted by atomic mass is 32.2. The van der Waals surface area contributed by atoms with Crippen molar-refractivity contribution in [3.63, 3.8) is 0 Å². The van der Waals surface area contributed by atoms with E-state index < -0.39 is 10.0 Å². The van der Waals surface area contributed by atoms with Crippen LogP contribution in [0.3, 0.4) is 0 Å². The number of nitrogens with one attached hydrogen (secondary N) is 1. The molecule has 1 aromatic carbocycles. The molecule has 3 N–H and O–H groups in total. The average molecular weight is 291 g/mol. The summed E-state index contributed by atoms with van der Waals surface area (Å²) in [5, 5.41) is 0. The Morgan fingerprint density at radius 1 is 1.20 bits per heavy atom. The predicted molar refractivity (Wildman–Crippen MR) is 79.3 cm³/mol. The topological polar surface area (TPSA) is 85.1 Å². The van der Waals surface area contributed by atoms with Crippen LogP contribution in [0.2, 0.25) is 0 Å². The number of para-hydroxylation sites is 1. The number of nitrogen functional groups attached to an aromatic ring is 1. The van der Waals surface area contributed by atoms with Gasteiger partial charge in [-0.25, -0.2) is 13.1 Å². The minimum absolute atomic E-state index is 0.142. The van der Waals surface area contributed by atoms with Crippen LogP contribution in [0.4, 0.5) is 5.69 Å². The molecule has 0 saturated carbocycles. The molecule has 20 heavy (non-hydrogen) atoms. The number of nitrogens with two attached hydrogens (primary N) is 1. The van der Waals surface area contributed by atoms with E-state index in [0.29, 0.717) is 16.9 Å². The molecule has 0 aliphatic carbocycles. The lowest BCUT2D eigenvalue weighted by molar-refractivity contribution is 0.563. The molecule has 2 aromatic rings. The summed E-state index contributed by atoms with van der Waals surface area (Å²) in [7, 11) is -3.47. The number of nitrogens with zero attached hydrogens (tertiary/aromatic N) is 1. The Morgan fingerprint density at radius 3 is 2.55 bits per heavy atom. The quantitative estimate of drug-likeness (QED) is 0.823. The molecule has 0 amide bonds. The van der Waals surface area contributed by atoms with Crippen LogP contribution >= 0.6 is 0 Å². The number of anilines is 1. The zero-order valence-electron chi connectivity index (χ0n) is 11.2. The Labute approximate surface area is 118 Å². The molecule has 0 aliphatic rings. The van der Waals surface area contributed by atoms with E-state index in [2.05, 4.69) is 9.71 Å². The molecule has 0 radical (unpaired) electrons. The van der Waals surface area contributed by atoms with E-state index >= 15 is 0 Å². The van der Waals surface area contributed by atoms with Gasteiger partial charge in [0.25, 0.3) is 0 Å². The third-order valence-corrected chi connectivity index (χ3v) is 4.29. The molecule has 5 nitrogen and oxygen atoms in total. The first-order valence-corrected chi connectivity index (χ1v) is 7.87. The van der Waals surface area contributed by atoms with Crippen LogP contribution in [0.1, 0.15) is 24.2 Å². The fraction of sp³-hybridized carbons (Fsp3) is 0.214. The van der Waals surface area contributed by atoms with Crippen LogP contribution in [0.5, 0.6) is 0 Å². The van der Waals surface area contributed by atoms with Gasteiger partial charge in [0.2, 0.25) is 10.0 Å². The molecule has 0 fully saturated rings. The summed E-state index contributed by atoms with van der Waals surface area (Å²) >= 11 is 0. The van der Waals surface area contributed by atoms with Crippen molar-refractivity contribution in [2.45, 2.75) is 18.7 Å². The zero-order valence-corrected chi connectivity index (χ0v) is 12.0. The van der Waals surface area contributed by atoms with Gasteiger partial charge in [0, 0.05) is 11.9 Å². The average Bonchev–Trinajstić information content (AvgIpc) is 2.41. The van der Waals surface area contributed by atoms with Gasteiger partial charge in [0.1, 0.15) is 0 Å². The van der Waals surface area contributed by atoms with Gasteiger partial charge in [0.15, 0.2) is 0 Å². The first kappa shape index (κ1) is 14.5. The molecule has 2 rings (SSSR count). The Balaban J connectivity index is 2.10. The van der Waals surface area contributed by atoms with Crippen molar-refractivity contribution in [3.8, 4) is 0 Å². The van der Waals surface area contributed by atoms with Crippen LogP contribution in [0.15, 0.2) is 48.7 Å². The van der Waals surface area contributed by atoms with Gasteiger partial charge in [-0.2, -0.15) is 0 Å². The van der Waals surface area contributed by atoms with E-state index in [9.17, 15) is 8.42 Å². The number of benzene rings is 1. The number of sulfonamides is 1. The smallest absolute Gasteiger partial charge is 0.216 e. The SMILES string of the molecule is CC(NS(=O)(=O)Cc1ccccc1N)c1ccccn1. The summed E-state index contributed by atoms with van der Waals surface area (Å²) in [4.78, 5) is 4.14. The molecular weight excluding hydrogens is 274 g/mol. The summed E-state index contributed by atoms with van der Waals surface area (Å²) < 4.78 is 26.9. The highest BCUT2D eigenvalue weighted by Gasteiger charge is 2.18. The van der Waals surface area contributed by atoms with Crippen LogP contribution in [-0.2, 0) is 15.8 Å². The van der Waals surface area contributed by atoms with Crippen molar-refractivity contribution in [3.05, 3.63) is 59.9 Å². The number of rotatable bonds is 5. The number of pyridine rings is 1. The van der Waals surface area contributed by atoms with Gasteiger partial charge in [-0.3, -0.25) is 4.98 Å². The molecule has 0 saturated heterocycles. The van der Waals surface area contributed by atoms with Gasteiger partial charge in [0.05, 0.1) is 17.5 Å². The lowest BCUT2D eigenvalue weighted by Crippen LogP contribution is -2.28.